The van der Waals surface area contributed by atoms with Gasteiger partial charge >= 0.3 is 0 Å². The third-order valence-electron chi connectivity index (χ3n) is 3.26. The lowest BCUT2D eigenvalue weighted by molar-refractivity contribution is -0.885. The van der Waals surface area contributed by atoms with Crippen molar-refractivity contribution >= 4 is 27.5 Å². The van der Waals surface area contributed by atoms with Crippen LogP contribution in [0.15, 0.2) is 53.0 Å². The molecule has 0 aliphatic heterocycles. The molecule has 2 aromatic carbocycles. The minimum Gasteiger partial charge on any atom is -0.497 e. The molecule has 1 unspecified atom stereocenters. The average Bonchev–Trinajstić information content (AvgIpc) is 2.50. The van der Waals surface area contributed by atoms with Gasteiger partial charge in [-0.3, -0.25) is 4.79 Å². The molecule has 0 saturated carbocycles. The van der Waals surface area contributed by atoms with Gasteiger partial charge in [0.05, 0.1) is 14.2 Å². The zero-order chi connectivity index (χ0) is 15.9. The third-order valence-corrected chi connectivity index (χ3v) is 3.78. The Morgan fingerprint density at radius 3 is 2.36 bits per heavy atom. The molecule has 0 fully saturated rings. The molecule has 1 amide bonds. The maximum atomic E-state index is 12.0. The van der Waals surface area contributed by atoms with Gasteiger partial charge in [-0.1, -0.05) is 15.9 Å². The monoisotopic (exact) mass is 363 g/mol. The minimum absolute atomic E-state index is 0.00772. The van der Waals surface area contributed by atoms with Gasteiger partial charge in [0.15, 0.2) is 6.54 Å². The normalized spacial score (nSPS) is 11.8. The standard InChI is InChI=1S/C17H19BrN2O2/c1-20(11-13-3-9-16(22-2)10-4-13)12-17(21)19-15-7-5-14(18)6-8-15/h3-10H,11-12H2,1-2H3,(H,19,21)/p+1. The summed E-state index contributed by atoms with van der Waals surface area (Å²) >= 11 is 3.37. The summed E-state index contributed by atoms with van der Waals surface area (Å²) in [6.07, 6.45) is 0. The number of carbonyl (C=O) groups excluding carboxylic acids is 1. The van der Waals surface area contributed by atoms with Crippen molar-refractivity contribution in [1.82, 2.24) is 0 Å². The predicted molar refractivity (Wildman–Crippen MR) is 91.2 cm³/mol. The number of halogens is 1. The molecule has 0 spiro atoms. The van der Waals surface area contributed by atoms with Crippen molar-refractivity contribution in [3.05, 3.63) is 58.6 Å². The van der Waals surface area contributed by atoms with Crippen molar-refractivity contribution in [3.63, 3.8) is 0 Å². The number of carbonyl (C=O) groups is 1. The fourth-order valence-electron chi connectivity index (χ4n) is 2.17. The topological polar surface area (TPSA) is 42.8 Å². The van der Waals surface area contributed by atoms with Crippen LogP contribution < -0.4 is 15.0 Å². The molecular weight excluding hydrogens is 344 g/mol. The molecule has 0 saturated heterocycles. The molecule has 0 aliphatic rings. The van der Waals surface area contributed by atoms with Gasteiger partial charge in [0.2, 0.25) is 0 Å². The largest absolute Gasteiger partial charge is 0.497 e. The lowest BCUT2D eigenvalue weighted by Gasteiger charge is -2.14. The second kappa shape index (κ2) is 7.96. The smallest absolute Gasteiger partial charge is 0.279 e. The number of ether oxygens (including phenoxy) is 1. The molecule has 5 heteroatoms. The molecule has 22 heavy (non-hydrogen) atoms. The molecule has 0 aliphatic carbocycles. The van der Waals surface area contributed by atoms with Gasteiger partial charge in [0.1, 0.15) is 12.3 Å². The van der Waals surface area contributed by atoms with E-state index in [1.54, 1.807) is 7.11 Å². The van der Waals surface area contributed by atoms with Crippen LogP contribution in [0.4, 0.5) is 5.69 Å². The summed E-state index contributed by atoms with van der Waals surface area (Å²) in [4.78, 5) is 13.2. The maximum absolute atomic E-state index is 12.0. The van der Waals surface area contributed by atoms with E-state index in [2.05, 4.69) is 21.2 Å². The Morgan fingerprint density at radius 2 is 1.77 bits per heavy atom. The molecule has 0 radical (unpaired) electrons. The minimum atomic E-state index is 0.00772. The molecule has 0 bridgehead atoms. The van der Waals surface area contributed by atoms with Crippen LogP contribution >= 0.6 is 15.9 Å². The lowest BCUT2D eigenvalue weighted by atomic mass is 10.2. The highest BCUT2D eigenvalue weighted by Crippen LogP contribution is 2.13. The highest BCUT2D eigenvalue weighted by atomic mass is 79.9. The summed E-state index contributed by atoms with van der Waals surface area (Å²) in [6, 6.07) is 15.5. The molecule has 4 nitrogen and oxygen atoms in total. The molecule has 2 aromatic rings. The Hall–Kier alpha value is -1.85. The first-order valence-corrected chi connectivity index (χ1v) is 7.86. The van der Waals surface area contributed by atoms with Crippen molar-refractivity contribution < 1.29 is 14.4 Å². The van der Waals surface area contributed by atoms with Crippen LogP contribution in [0, 0.1) is 0 Å². The Balaban J connectivity index is 1.83. The summed E-state index contributed by atoms with van der Waals surface area (Å²) in [5.41, 5.74) is 1.99. The van der Waals surface area contributed by atoms with E-state index < -0.39 is 0 Å². The lowest BCUT2D eigenvalue weighted by Crippen LogP contribution is -3.08. The first-order valence-electron chi connectivity index (χ1n) is 7.06. The molecule has 0 aromatic heterocycles. The fourth-order valence-corrected chi connectivity index (χ4v) is 2.43. The number of benzene rings is 2. The second-order valence-corrected chi connectivity index (χ2v) is 6.13. The van der Waals surface area contributed by atoms with Gasteiger partial charge in [0, 0.05) is 15.7 Å². The van der Waals surface area contributed by atoms with E-state index in [1.807, 2.05) is 55.6 Å². The number of quaternary nitrogens is 1. The van der Waals surface area contributed by atoms with E-state index in [-0.39, 0.29) is 5.91 Å². The number of hydrogen-bond donors (Lipinski definition) is 2. The SMILES string of the molecule is COc1ccc(C[NH+](C)CC(=O)Nc2ccc(Br)cc2)cc1. The number of amides is 1. The summed E-state index contributed by atoms with van der Waals surface area (Å²) in [7, 11) is 3.66. The zero-order valence-corrected chi connectivity index (χ0v) is 14.3. The zero-order valence-electron chi connectivity index (χ0n) is 12.7. The van der Waals surface area contributed by atoms with Gasteiger partial charge in [-0.2, -0.15) is 0 Å². The van der Waals surface area contributed by atoms with Crippen LogP contribution in [0.3, 0.4) is 0 Å². The molecule has 2 rings (SSSR count). The first-order chi connectivity index (χ1) is 10.6. The Labute approximate surface area is 139 Å². The van der Waals surface area contributed by atoms with Crippen LogP contribution in [0.2, 0.25) is 0 Å². The second-order valence-electron chi connectivity index (χ2n) is 5.21. The molecule has 2 N–H and O–H groups in total. The number of rotatable bonds is 6. The van der Waals surface area contributed by atoms with Crippen LogP contribution in [-0.2, 0) is 11.3 Å². The number of anilines is 1. The van der Waals surface area contributed by atoms with Gasteiger partial charge < -0.3 is 15.0 Å². The number of likely N-dealkylation sites (N-methyl/N-ethyl adjacent to an activating group) is 1. The van der Waals surface area contributed by atoms with Crippen LogP contribution in [0.25, 0.3) is 0 Å². The molecule has 0 heterocycles. The maximum Gasteiger partial charge on any atom is 0.279 e. The molecular formula is C17H20BrN2O2+. The third kappa shape index (κ3) is 5.16. The highest BCUT2D eigenvalue weighted by Gasteiger charge is 2.11. The van der Waals surface area contributed by atoms with E-state index in [9.17, 15) is 4.79 Å². The summed E-state index contributed by atoms with van der Waals surface area (Å²) in [5, 5.41) is 2.90. The van der Waals surface area contributed by atoms with Gasteiger partial charge in [-0.05, 0) is 48.5 Å². The van der Waals surface area contributed by atoms with Crippen molar-refractivity contribution in [1.29, 1.82) is 0 Å². The predicted octanol–water partition coefficient (Wildman–Crippen LogP) is 2.11. The van der Waals surface area contributed by atoms with E-state index in [0.717, 1.165) is 27.4 Å². The molecule has 1 atom stereocenters. The Bertz CT molecular complexity index is 612. The van der Waals surface area contributed by atoms with Gasteiger partial charge in [0.25, 0.3) is 5.91 Å². The highest BCUT2D eigenvalue weighted by molar-refractivity contribution is 9.10. The summed E-state index contributed by atoms with van der Waals surface area (Å²) in [6.45, 7) is 1.21. The van der Waals surface area contributed by atoms with Crippen LogP contribution in [-0.4, -0.2) is 26.6 Å². The Morgan fingerprint density at radius 1 is 1.14 bits per heavy atom. The Kier molecular flexibility index (Phi) is 5.98. The van der Waals surface area contributed by atoms with E-state index in [4.69, 9.17) is 4.74 Å². The van der Waals surface area contributed by atoms with E-state index in [0.29, 0.717) is 6.54 Å². The number of nitrogens with one attached hydrogen (secondary N) is 2. The van der Waals surface area contributed by atoms with E-state index >= 15 is 0 Å². The van der Waals surface area contributed by atoms with Gasteiger partial charge in [-0.25, -0.2) is 0 Å². The first kappa shape index (κ1) is 16.5. The van der Waals surface area contributed by atoms with Crippen LogP contribution in [0.5, 0.6) is 5.75 Å². The number of hydrogen-bond acceptors (Lipinski definition) is 2. The summed E-state index contributed by atoms with van der Waals surface area (Å²) in [5.74, 6) is 0.850. The molecule has 116 valence electrons. The van der Waals surface area contributed by atoms with Crippen LogP contribution in [0.1, 0.15) is 5.56 Å². The van der Waals surface area contributed by atoms with Crippen molar-refractivity contribution in [2.45, 2.75) is 6.54 Å². The van der Waals surface area contributed by atoms with Crippen molar-refractivity contribution in [3.8, 4) is 5.75 Å². The average molecular weight is 364 g/mol. The summed E-state index contributed by atoms with van der Waals surface area (Å²) < 4.78 is 6.13. The van der Waals surface area contributed by atoms with Gasteiger partial charge in [-0.15, -0.1) is 0 Å². The van der Waals surface area contributed by atoms with Crippen molar-refractivity contribution in [2.75, 3.05) is 26.0 Å². The van der Waals surface area contributed by atoms with E-state index in [1.165, 1.54) is 5.56 Å². The fraction of sp³-hybridized carbons (Fsp3) is 0.235. The van der Waals surface area contributed by atoms with Crippen molar-refractivity contribution in [2.24, 2.45) is 0 Å². The number of methoxy groups -OCH3 is 1. The quantitative estimate of drug-likeness (QED) is 0.825.